The van der Waals surface area contributed by atoms with E-state index in [0.29, 0.717) is 16.1 Å². The SMILES string of the molecule is Cc1ccc(-c2nn(CCC(=O)Nc3ccc(Cl)cc3)c(=O)c3ccccc23)cc1. The number of nitrogens with one attached hydrogen (secondary N) is 1. The second-order valence-electron chi connectivity index (χ2n) is 7.09. The second-order valence-corrected chi connectivity index (χ2v) is 7.53. The Bertz CT molecular complexity index is 1260. The number of fused-ring (bicyclic) bond motifs is 1. The van der Waals surface area contributed by atoms with Crippen LogP contribution in [0.3, 0.4) is 0 Å². The number of hydrogen-bond donors (Lipinski definition) is 1. The van der Waals surface area contributed by atoms with Gasteiger partial charge in [-0.25, -0.2) is 4.68 Å². The first kappa shape index (κ1) is 19.9. The molecule has 3 aromatic carbocycles. The van der Waals surface area contributed by atoms with Crippen LogP contribution in [-0.4, -0.2) is 15.7 Å². The van der Waals surface area contributed by atoms with Gasteiger partial charge in [-0.1, -0.05) is 59.6 Å². The fourth-order valence-corrected chi connectivity index (χ4v) is 3.40. The Hall–Kier alpha value is -3.44. The van der Waals surface area contributed by atoms with Crippen molar-refractivity contribution in [1.82, 2.24) is 9.78 Å². The Morgan fingerprint density at radius 3 is 2.33 bits per heavy atom. The predicted molar refractivity (Wildman–Crippen MR) is 121 cm³/mol. The number of anilines is 1. The summed E-state index contributed by atoms with van der Waals surface area (Å²) in [4.78, 5) is 25.3. The molecule has 6 heteroatoms. The van der Waals surface area contributed by atoms with Crippen molar-refractivity contribution in [2.24, 2.45) is 0 Å². The number of amides is 1. The van der Waals surface area contributed by atoms with E-state index in [1.807, 2.05) is 49.4 Å². The highest BCUT2D eigenvalue weighted by molar-refractivity contribution is 6.30. The highest BCUT2D eigenvalue weighted by atomic mass is 35.5. The normalized spacial score (nSPS) is 10.9. The van der Waals surface area contributed by atoms with Gasteiger partial charge in [0, 0.05) is 28.1 Å². The summed E-state index contributed by atoms with van der Waals surface area (Å²) in [5.41, 5.74) is 3.25. The van der Waals surface area contributed by atoms with Crippen LogP contribution in [0, 0.1) is 6.92 Å². The fraction of sp³-hybridized carbons (Fsp3) is 0.125. The van der Waals surface area contributed by atoms with E-state index in [-0.39, 0.29) is 24.4 Å². The second kappa shape index (κ2) is 8.51. The molecule has 0 saturated carbocycles. The lowest BCUT2D eigenvalue weighted by Crippen LogP contribution is -2.26. The van der Waals surface area contributed by atoms with E-state index < -0.39 is 0 Å². The van der Waals surface area contributed by atoms with Crippen molar-refractivity contribution in [3.05, 3.63) is 93.7 Å². The summed E-state index contributed by atoms with van der Waals surface area (Å²) in [5, 5.41) is 9.39. The lowest BCUT2D eigenvalue weighted by molar-refractivity contribution is -0.116. The molecule has 1 amide bonds. The topological polar surface area (TPSA) is 64.0 Å². The standard InChI is InChI=1S/C24H20ClN3O2/c1-16-6-8-17(9-7-16)23-20-4-2-3-5-21(20)24(30)28(27-23)15-14-22(29)26-19-12-10-18(25)11-13-19/h2-13H,14-15H2,1H3,(H,26,29). The van der Waals surface area contributed by atoms with Crippen molar-refractivity contribution < 1.29 is 4.79 Å². The minimum atomic E-state index is -0.208. The first-order valence-corrected chi connectivity index (χ1v) is 10.0. The Labute approximate surface area is 178 Å². The van der Waals surface area contributed by atoms with Gasteiger partial charge in [0.25, 0.3) is 5.56 Å². The molecule has 1 aromatic heterocycles. The molecule has 0 aliphatic rings. The quantitative estimate of drug-likeness (QED) is 0.494. The van der Waals surface area contributed by atoms with Gasteiger partial charge in [0.1, 0.15) is 0 Å². The maximum Gasteiger partial charge on any atom is 0.274 e. The lowest BCUT2D eigenvalue weighted by Gasteiger charge is -2.12. The highest BCUT2D eigenvalue weighted by Gasteiger charge is 2.13. The summed E-state index contributed by atoms with van der Waals surface area (Å²) >= 11 is 5.87. The van der Waals surface area contributed by atoms with Crippen LogP contribution in [0.4, 0.5) is 5.69 Å². The molecule has 0 bridgehead atoms. The molecule has 0 radical (unpaired) electrons. The van der Waals surface area contributed by atoms with Gasteiger partial charge in [-0.05, 0) is 37.3 Å². The Kier molecular flexibility index (Phi) is 5.63. The molecule has 1 N–H and O–H groups in total. The summed E-state index contributed by atoms with van der Waals surface area (Å²) in [7, 11) is 0. The van der Waals surface area contributed by atoms with Crippen LogP contribution in [0.15, 0.2) is 77.6 Å². The van der Waals surface area contributed by atoms with Gasteiger partial charge in [-0.3, -0.25) is 9.59 Å². The number of rotatable bonds is 5. The average Bonchev–Trinajstić information content (AvgIpc) is 2.76. The third-order valence-electron chi connectivity index (χ3n) is 4.87. The van der Waals surface area contributed by atoms with Crippen molar-refractivity contribution in [3.63, 3.8) is 0 Å². The van der Waals surface area contributed by atoms with Crippen molar-refractivity contribution in [3.8, 4) is 11.3 Å². The van der Waals surface area contributed by atoms with Gasteiger partial charge in [-0.15, -0.1) is 0 Å². The summed E-state index contributed by atoms with van der Waals surface area (Å²) < 4.78 is 1.37. The molecule has 0 aliphatic carbocycles. The molecule has 30 heavy (non-hydrogen) atoms. The zero-order valence-electron chi connectivity index (χ0n) is 16.4. The summed E-state index contributed by atoms with van der Waals surface area (Å²) in [6.45, 7) is 2.21. The number of aromatic nitrogens is 2. The van der Waals surface area contributed by atoms with Crippen LogP contribution in [-0.2, 0) is 11.3 Å². The van der Waals surface area contributed by atoms with Gasteiger partial charge < -0.3 is 5.32 Å². The van der Waals surface area contributed by atoms with Gasteiger partial charge in [-0.2, -0.15) is 5.10 Å². The van der Waals surface area contributed by atoms with Crippen LogP contribution in [0.1, 0.15) is 12.0 Å². The maximum absolute atomic E-state index is 12.9. The fourth-order valence-electron chi connectivity index (χ4n) is 3.28. The van der Waals surface area contributed by atoms with E-state index in [4.69, 9.17) is 11.6 Å². The molecule has 0 fully saturated rings. The van der Waals surface area contributed by atoms with E-state index in [0.717, 1.165) is 22.2 Å². The van der Waals surface area contributed by atoms with E-state index in [1.165, 1.54) is 4.68 Å². The molecule has 0 unspecified atom stereocenters. The first-order chi connectivity index (χ1) is 14.5. The van der Waals surface area contributed by atoms with E-state index in [2.05, 4.69) is 10.4 Å². The smallest absolute Gasteiger partial charge is 0.274 e. The van der Waals surface area contributed by atoms with Crippen molar-refractivity contribution in [2.45, 2.75) is 19.9 Å². The highest BCUT2D eigenvalue weighted by Crippen LogP contribution is 2.25. The zero-order chi connectivity index (χ0) is 21.1. The summed E-state index contributed by atoms with van der Waals surface area (Å²) in [5.74, 6) is -0.198. The Morgan fingerprint density at radius 2 is 1.63 bits per heavy atom. The van der Waals surface area contributed by atoms with Crippen LogP contribution in [0.25, 0.3) is 22.0 Å². The third-order valence-corrected chi connectivity index (χ3v) is 5.12. The molecule has 0 spiro atoms. The lowest BCUT2D eigenvalue weighted by atomic mass is 10.0. The molecular formula is C24H20ClN3O2. The largest absolute Gasteiger partial charge is 0.326 e. The van der Waals surface area contributed by atoms with E-state index in [1.54, 1.807) is 30.3 Å². The molecular weight excluding hydrogens is 398 g/mol. The average molecular weight is 418 g/mol. The number of aryl methyl sites for hydroxylation is 2. The molecule has 1 heterocycles. The number of hydrogen-bond acceptors (Lipinski definition) is 3. The zero-order valence-corrected chi connectivity index (χ0v) is 17.2. The molecule has 150 valence electrons. The van der Waals surface area contributed by atoms with Crippen LogP contribution in [0.5, 0.6) is 0 Å². The molecule has 5 nitrogen and oxygen atoms in total. The molecule has 0 saturated heterocycles. The number of nitrogens with zero attached hydrogens (tertiary/aromatic N) is 2. The number of carbonyl (C=O) groups excluding carboxylic acids is 1. The monoisotopic (exact) mass is 417 g/mol. The predicted octanol–water partition coefficient (Wildman–Crippen LogP) is 5.05. The molecule has 0 aliphatic heterocycles. The molecule has 4 rings (SSSR count). The summed E-state index contributed by atoms with van der Waals surface area (Å²) in [6, 6.07) is 22.3. The van der Waals surface area contributed by atoms with Gasteiger partial charge in [0.05, 0.1) is 17.6 Å². The van der Waals surface area contributed by atoms with Gasteiger partial charge in [0.15, 0.2) is 0 Å². The minimum Gasteiger partial charge on any atom is -0.326 e. The number of carbonyl (C=O) groups is 1. The molecule has 4 aromatic rings. The third kappa shape index (κ3) is 4.26. The Balaban J connectivity index is 1.63. The van der Waals surface area contributed by atoms with Gasteiger partial charge >= 0.3 is 0 Å². The van der Waals surface area contributed by atoms with Crippen LogP contribution < -0.4 is 10.9 Å². The van der Waals surface area contributed by atoms with Gasteiger partial charge in [0.2, 0.25) is 5.91 Å². The van der Waals surface area contributed by atoms with Crippen LogP contribution in [0.2, 0.25) is 5.02 Å². The van der Waals surface area contributed by atoms with Crippen LogP contribution >= 0.6 is 11.6 Å². The van der Waals surface area contributed by atoms with E-state index in [9.17, 15) is 9.59 Å². The Morgan fingerprint density at radius 1 is 0.967 bits per heavy atom. The van der Waals surface area contributed by atoms with Crippen molar-refractivity contribution >= 4 is 34.0 Å². The van der Waals surface area contributed by atoms with E-state index >= 15 is 0 Å². The van der Waals surface area contributed by atoms with Crippen molar-refractivity contribution in [1.29, 1.82) is 0 Å². The maximum atomic E-state index is 12.9. The first-order valence-electron chi connectivity index (χ1n) is 9.63. The van der Waals surface area contributed by atoms with Crippen molar-refractivity contribution in [2.75, 3.05) is 5.32 Å². The number of halogens is 1. The molecule has 0 atom stereocenters. The number of benzene rings is 3. The minimum absolute atomic E-state index is 0.126. The summed E-state index contributed by atoms with van der Waals surface area (Å²) in [6.07, 6.45) is 0.126.